The van der Waals surface area contributed by atoms with Gasteiger partial charge in [-0.25, -0.2) is 0 Å². The van der Waals surface area contributed by atoms with Crippen molar-refractivity contribution in [2.75, 3.05) is 0 Å². The Bertz CT molecular complexity index is 2900. The average molecular weight is 859 g/mol. The van der Waals surface area contributed by atoms with Crippen molar-refractivity contribution in [1.29, 1.82) is 0 Å². The zero-order valence-electron chi connectivity index (χ0n) is 32.3. The zero-order chi connectivity index (χ0) is 38.4. The molecule has 0 fully saturated rings. The van der Waals surface area contributed by atoms with Gasteiger partial charge in [-0.1, -0.05) is 0 Å². The number of rotatable bonds is 6. The van der Waals surface area contributed by atoms with Crippen LogP contribution in [0.5, 0.6) is 0 Å². The summed E-state index contributed by atoms with van der Waals surface area (Å²) in [6, 6.07) is 54.1. The Morgan fingerprint density at radius 3 is 1.20 bits per heavy atom. The first kappa shape index (κ1) is 36.3. The minimum atomic E-state index is -4.98. The first-order valence-corrected chi connectivity index (χ1v) is 35.4. The van der Waals surface area contributed by atoms with Gasteiger partial charge in [-0.05, 0) is 0 Å². The van der Waals surface area contributed by atoms with Gasteiger partial charge in [0, 0.05) is 0 Å². The molecule has 0 N–H and O–H groups in total. The van der Waals surface area contributed by atoms with E-state index in [0.29, 0.717) is 0 Å². The molecular weight excluding hydrogens is 815 g/mol. The van der Waals surface area contributed by atoms with Crippen molar-refractivity contribution < 1.29 is 15.0 Å². The minimum absolute atomic E-state index is 0.0397. The first-order valence-electron chi connectivity index (χ1n) is 20.1. The maximum absolute atomic E-state index is 8.80. The summed E-state index contributed by atoms with van der Waals surface area (Å²) in [5, 5.41) is 10.1. The van der Waals surface area contributed by atoms with Crippen molar-refractivity contribution in [2.45, 2.75) is 47.0 Å². The molecule has 0 spiro atoms. The fraction of sp³-hybridized carbons (Fsp3) is 0.154. The van der Waals surface area contributed by atoms with E-state index in [2.05, 4.69) is 185 Å². The van der Waals surface area contributed by atoms with Crippen LogP contribution in [-0.4, -0.2) is 5.43 Å². The number of hydrogen-bond acceptors (Lipinski definition) is 0. The van der Waals surface area contributed by atoms with Crippen LogP contribution < -0.4 is 0 Å². The summed E-state index contributed by atoms with van der Waals surface area (Å²) in [7, 11) is 17.6. The molecule has 0 saturated carbocycles. The molecule has 56 heavy (non-hydrogen) atoms. The number of allylic oxidation sites excluding steroid dienone is 2. The van der Waals surface area contributed by atoms with E-state index in [4.69, 9.17) is 17.0 Å². The predicted octanol–water partition coefficient (Wildman–Crippen LogP) is 16.3. The Labute approximate surface area is 338 Å². The van der Waals surface area contributed by atoms with Gasteiger partial charge < -0.3 is 0 Å². The van der Waals surface area contributed by atoms with Gasteiger partial charge in [-0.3, -0.25) is 0 Å². The van der Waals surface area contributed by atoms with Crippen LogP contribution >= 0.6 is 17.0 Å². The van der Waals surface area contributed by atoms with E-state index in [1.54, 1.807) is 0 Å². The van der Waals surface area contributed by atoms with E-state index in [1.807, 2.05) is 0 Å². The molecule has 8 aromatic rings. The SMILES string of the molecule is CCC1=Cc2c(-c3cccc4cc5ccccc5cc34)cccc2[CH]1[Zr]([Cl])([Cl])([CH]1C(CC)=Cc2c(-c3cccc4cc5ccccc5cc34)cccc21)=[Si](C)C. The summed E-state index contributed by atoms with van der Waals surface area (Å²) in [6.45, 7) is 9.45. The molecule has 2 aliphatic carbocycles. The zero-order valence-corrected chi connectivity index (χ0v) is 37.3. The van der Waals surface area contributed by atoms with E-state index >= 15 is 0 Å². The Kier molecular flexibility index (Phi) is 8.77. The van der Waals surface area contributed by atoms with Crippen molar-refractivity contribution in [1.82, 2.24) is 0 Å². The summed E-state index contributed by atoms with van der Waals surface area (Å²) in [5.74, 6) is 0. The number of benzene rings is 8. The molecule has 0 amide bonds. The van der Waals surface area contributed by atoms with Crippen molar-refractivity contribution >= 4 is 77.7 Å². The first-order chi connectivity index (χ1) is 27.2. The molecule has 0 nitrogen and oxygen atoms in total. The van der Waals surface area contributed by atoms with E-state index in [0.717, 1.165) is 12.8 Å². The molecular formula is C52H44Cl2SiZr. The molecule has 2 unspecified atom stereocenters. The van der Waals surface area contributed by atoms with Gasteiger partial charge in [0.2, 0.25) is 0 Å². The molecule has 0 saturated heterocycles. The third-order valence-corrected chi connectivity index (χ3v) is 59.8. The molecule has 8 aromatic carbocycles. The quantitative estimate of drug-likeness (QED) is 0.115. The molecule has 2 aliphatic rings. The summed E-state index contributed by atoms with van der Waals surface area (Å²) in [4.78, 5) is 0. The number of halogens is 2. The average Bonchev–Trinajstić information content (AvgIpc) is 3.82. The third kappa shape index (κ3) is 5.33. The van der Waals surface area contributed by atoms with Crippen LogP contribution in [0.25, 0.3) is 77.5 Å². The van der Waals surface area contributed by atoms with Gasteiger partial charge in [0.25, 0.3) is 0 Å². The van der Waals surface area contributed by atoms with Crippen molar-refractivity contribution in [2.24, 2.45) is 0 Å². The van der Waals surface area contributed by atoms with Crippen molar-refractivity contribution in [3.63, 3.8) is 0 Å². The monoisotopic (exact) mass is 856 g/mol. The van der Waals surface area contributed by atoms with Crippen LogP contribution in [0.4, 0.5) is 0 Å². The fourth-order valence-electron chi connectivity index (χ4n) is 10.4. The molecule has 274 valence electrons. The Hall–Kier alpha value is -4.04. The summed E-state index contributed by atoms with van der Waals surface area (Å²) >= 11 is -4.98. The van der Waals surface area contributed by atoms with Crippen molar-refractivity contribution in [3.05, 3.63) is 179 Å². The van der Waals surface area contributed by atoms with Gasteiger partial charge >= 0.3 is 341 Å². The van der Waals surface area contributed by atoms with Gasteiger partial charge in [0.05, 0.1) is 0 Å². The Morgan fingerprint density at radius 1 is 0.446 bits per heavy atom. The van der Waals surface area contributed by atoms with Gasteiger partial charge in [0.15, 0.2) is 0 Å². The van der Waals surface area contributed by atoms with Crippen molar-refractivity contribution in [3.8, 4) is 22.3 Å². The van der Waals surface area contributed by atoms with Crippen LogP contribution in [0.1, 0.15) is 56.2 Å². The second kappa shape index (κ2) is 13.5. The topological polar surface area (TPSA) is 0 Å². The summed E-state index contributed by atoms with van der Waals surface area (Å²) in [5.41, 5.74) is 11.9. The van der Waals surface area contributed by atoms with E-state index in [-0.39, 0.29) is 7.25 Å². The molecule has 0 heterocycles. The molecule has 4 heteroatoms. The Morgan fingerprint density at radius 2 is 0.804 bits per heavy atom. The van der Waals surface area contributed by atoms with E-state index in [1.165, 1.54) is 98.7 Å². The molecule has 0 aliphatic heterocycles. The maximum atomic E-state index is 8.80. The second-order valence-corrected chi connectivity index (χ2v) is 55.0. The number of fused-ring (bicyclic) bond motifs is 6. The second-order valence-electron chi connectivity index (χ2n) is 16.2. The third-order valence-electron chi connectivity index (χ3n) is 13.2. The molecule has 0 radical (unpaired) electrons. The Balaban J connectivity index is 1.17. The van der Waals surface area contributed by atoms with Crippen LogP contribution in [0.3, 0.4) is 0 Å². The van der Waals surface area contributed by atoms with Crippen LogP contribution in [0.2, 0.25) is 13.1 Å². The molecule has 10 rings (SSSR count). The summed E-state index contributed by atoms with van der Waals surface area (Å²) in [6.07, 6.45) is 6.82. The van der Waals surface area contributed by atoms with Gasteiger partial charge in [-0.2, -0.15) is 0 Å². The van der Waals surface area contributed by atoms with Crippen LogP contribution in [0.15, 0.2) is 157 Å². The molecule has 0 aromatic heterocycles. The standard InChI is InChI=1S/2C25H19.C2H6Si.2ClH.Zr/c2*1-2-17-13-20-9-5-11-22(24(20)14-17)23-12-6-10-21-15-18-7-3-4-8-19(18)16-25(21)23;1-3-2;;;/h2*3-16H,2H2,1H3;1-2H3;2*1H;/q;;;;;+2/p-2. The molecule has 2 atom stereocenters. The predicted molar refractivity (Wildman–Crippen MR) is 245 cm³/mol. The van der Waals surface area contributed by atoms with E-state index in [9.17, 15) is 0 Å². The summed E-state index contributed by atoms with van der Waals surface area (Å²) < 4.78 is 0.0794. The van der Waals surface area contributed by atoms with Crippen LogP contribution in [0, 0.1) is 0 Å². The van der Waals surface area contributed by atoms with Gasteiger partial charge in [-0.15, -0.1) is 0 Å². The van der Waals surface area contributed by atoms with Crippen LogP contribution in [-0.2, 0) is 15.0 Å². The normalized spacial score (nSPS) is 16.7. The number of hydrogen-bond donors (Lipinski definition) is 0. The molecule has 0 bridgehead atoms. The van der Waals surface area contributed by atoms with E-state index < -0.39 is 20.4 Å². The van der Waals surface area contributed by atoms with Gasteiger partial charge in [0.1, 0.15) is 0 Å². The fourth-order valence-corrected chi connectivity index (χ4v) is 39.8.